The minimum absolute atomic E-state index is 0.0742. The molecule has 0 fully saturated rings. The molecule has 2 aromatic carbocycles. The van der Waals surface area contributed by atoms with Crippen LogP contribution < -0.4 is 10.1 Å². The summed E-state index contributed by atoms with van der Waals surface area (Å²) in [6.07, 6.45) is 9.11. The molecule has 0 aliphatic heterocycles. The predicted molar refractivity (Wildman–Crippen MR) is 113 cm³/mol. The third-order valence-electron chi connectivity index (χ3n) is 5.64. The number of aromatic amines is 1. The molecule has 4 nitrogen and oxygen atoms in total. The zero-order valence-electron chi connectivity index (χ0n) is 16.2. The molecule has 0 bridgehead atoms. The Morgan fingerprint density at radius 3 is 2.75 bits per heavy atom. The Kier molecular flexibility index (Phi) is 5.47. The van der Waals surface area contributed by atoms with E-state index in [1.54, 1.807) is 7.11 Å². The molecule has 0 saturated carbocycles. The molecule has 0 radical (unpaired) electrons. The maximum Gasteiger partial charge on any atom is 0.223 e. The topological polar surface area (TPSA) is 54.1 Å². The molecule has 0 spiro atoms. The van der Waals surface area contributed by atoms with E-state index in [2.05, 4.69) is 59.0 Å². The molecule has 2 atom stereocenters. The number of nitrogens with one attached hydrogen (secondary N) is 2. The van der Waals surface area contributed by atoms with Crippen LogP contribution in [-0.2, 0) is 4.79 Å². The highest BCUT2D eigenvalue weighted by molar-refractivity contribution is 5.84. The fourth-order valence-electron chi connectivity index (χ4n) is 4.00. The van der Waals surface area contributed by atoms with E-state index in [4.69, 9.17) is 4.74 Å². The first-order chi connectivity index (χ1) is 13.8. The summed E-state index contributed by atoms with van der Waals surface area (Å²) in [5.41, 5.74) is 3.47. The fraction of sp³-hybridized carbons (Fsp3) is 0.292. The molecule has 144 valence electrons. The Balaban J connectivity index is 1.61. The number of hydrogen-bond acceptors (Lipinski definition) is 2. The number of carbonyl (C=O) groups is 1. The van der Waals surface area contributed by atoms with Crippen molar-refractivity contribution in [2.75, 3.05) is 13.7 Å². The van der Waals surface area contributed by atoms with Gasteiger partial charge >= 0.3 is 0 Å². The first-order valence-electron chi connectivity index (χ1n) is 9.89. The van der Waals surface area contributed by atoms with Crippen LogP contribution in [-0.4, -0.2) is 24.5 Å². The Labute approximate surface area is 165 Å². The van der Waals surface area contributed by atoms with Crippen LogP contribution in [0, 0.1) is 5.92 Å². The number of hydrogen-bond donors (Lipinski definition) is 2. The molecular weight excluding hydrogens is 348 g/mol. The number of rotatable bonds is 6. The van der Waals surface area contributed by atoms with Crippen LogP contribution in [0.25, 0.3) is 10.9 Å². The second kappa shape index (κ2) is 8.34. The summed E-state index contributed by atoms with van der Waals surface area (Å²) in [6.45, 7) is 0.577. The number of amides is 1. The van der Waals surface area contributed by atoms with Crippen molar-refractivity contribution >= 4 is 16.8 Å². The standard InChI is InChI=1S/C24H26N2O2/c1-28-19-13-11-17(12-14-19)21(15-26-24(27)18-7-3-2-4-8-18)22-16-25-23-10-6-5-9-20(22)23/h2-3,5-6,9-14,16,18,21,25H,4,7-8,15H2,1H3,(H,26,27). The number of ether oxygens (including phenoxy) is 1. The van der Waals surface area contributed by atoms with Gasteiger partial charge in [0.1, 0.15) is 5.75 Å². The van der Waals surface area contributed by atoms with E-state index >= 15 is 0 Å². The second-order valence-corrected chi connectivity index (χ2v) is 7.34. The third kappa shape index (κ3) is 3.81. The van der Waals surface area contributed by atoms with Crippen LogP contribution in [0.3, 0.4) is 0 Å². The lowest BCUT2D eigenvalue weighted by Gasteiger charge is -2.22. The number of methoxy groups -OCH3 is 1. The van der Waals surface area contributed by atoms with E-state index in [1.165, 1.54) is 10.9 Å². The van der Waals surface area contributed by atoms with Crippen LogP contribution in [0.2, 0.25) is 0 Å². The van der Waals surface area contributed by atoms with Gasteiger partial charge < -0.3 is 15.0 Å². The summed E-state index contributed by atoms with van der Waals surface area (Å²) in [7, 11) is 1.67. The van der Waals surface area contributed by atoms with Crippen molar-refractivity contribution in [1.29, 1.82) is 0 Å². The molecule has 4 heteroatoms. The maximum atomic E-state index is 12.7. The first kappa shape index (κ1) is 18.4. The molecule has 3 aromatic rings. The minimum Gasteiger partial charge on any atom is -0.497 e. The number of allylic oxidation sites excluding steroid dienone is 2. The molecule has 1 aromatic heterocycles. The van der Waals surface area contributed by atoms with Crippen molar-refractivity contribution in [2.45, 2.75) is 25.2 Å². The number of aromatic nitrogens is 1. The second-order valence-electron chi connectivity index (χ2n) is 7.34. The quantitative estimate of drug-likeness (QED) is 0.610. The van der Waals surface area contributed by atoms with Crippen molar-refractivity contribution in [3.8, 4) is 5.75 Å². The lowest BCUT2D eigenvalue weighted by molar-refractivity contribution is -0.125. The van der Waals surface area contributed by atoms with Crippen molar-refractivity contribution in [3.63, 3.8) is 0 Å². The highest BCUT2D eigenvalue weighted by atomic mass is 16.5. The number of H-pyrrole nitrogens is 1. The number of benzene rings is 2. The Hall–Kier alpha value is -3.01. The first-order valence-corrected chi connectivity index (χ1v) is 9.89. The van der Waals surface area contributed by atoms with Gasteiger partial charge in [0.05, 0.1) is 7.11 Å². The largest absolute Gasteiger partial charge is 0.497 e. The van der Waals surface area contributed by atoms with E-state index in [0.29, 0.717) is 6.54 Å². The van der Waals surface area contributed by atoms with Crippen LogP contribution in [0.5, 0.6) is 5.75 Å². The van der Waals surface area contributed by atoms with Crippen LogP contribution in [0.1, 0.15) is 36.3 Å². The SMILES string of the molecule is COc1ccc(C(CNC(=O)C2CC=CCC2)c2c[nH]c3ccccc23)cc1. The molecule has 1 amide bonds. The summed E-state index contributed by atoms with van der Waals surface area (Å²) in [4.78, 5) is 16.1. The van der Waals surface area contributed by atoms with Gasteiger partial charge in [0, 0.05) is 35.5 Å². The van der Waals surface area contributed by atoms with Crippen molar-refractivity contribution < 1.29 is 9.53 Å². The van der Waals surface area contributed by atoms with Crippen LogP contribution in [0.15, 0.2) is 66.9 Å². The third-order valence-corrected chi connectivity index (χ3v) is 5.64. The van der Waals surface area contributed by atoms with Crippen molar-refractivity contribution in [2.24, 2.45) is 5.92 Å². The van der Waals surface area contributed by atoms with Crippen molar-refractivity contribution in [3.05, 3.63) is 78.0 Å². The van der Waals surface area contributed by atoms with Gasteiger partial charge in [-0.2, -0.15) is 0 Å². The molecular formula is C24H26N2O2. The van der Waals surface area contributed by atoms with Gasteiger partial charge in [-0.15, -0.1) is 0 Å². The maximum absolute atomic E-state index is 12.7. The molecule has 28 heavy (non-hydrogen) atoms. The van der Waals surface area contributed by atoms with Gasteiger partial charge in [0.2, 0.25) is 5.91 Å². The summed E-state index contributed by atoms with van der Waals surface area (Å²) < 4.78 is 5.31. The number of fused-ring (bicyclic) bond motifs is 1. The molecule has 4 rings (SSSR count). The zero-order chi connectivity index (χ0) is 19.3. The molecule has 1 aliphatic rings. The zero-order valence-corrected chi connectivity index (χ0v) is 16.2. The number of carbonyl (C=O) groups excluding carboxylic acids is 1. The molecule has 1 heterocycles. The van der Waals surface area contributed by atoms with Gasteiger partial charge in [-0.1, -0.05) is 42.5 Å². The highest BCUT2D eigenvalue weighted by Crippen LogP contribution is 2.31. The molecule has 0 saturated heterocycles. The van der Waals surface area contributed by atoms with Crippen LogP contribution in [0.4, 0.5) is 0 Å². The van der Waals surface area contributed by atoms with E-state index < -0.39 is 0 Å². The van der Waals surface area contributed by atoms with E-state index in [-0.39, 0.29) is 17.7 Å². The minimum atomic E-state index is 0.0742. The Morgan fingerprint density at radius 1 is 1.18 bits per heavy atom. The Bertz CT molecular complexity index is 972. The molecule has 2 N–H and O–H groups in total. The van der Waals surface area contributed by atoms with Crippen molar-refractivity contribution in [1.82, 2.24) is 10.3 Å². The van der Waals surface area contributed by atoms with E-state index in [9.17, 15) is 4.79 Å². The summed E-state index contributed by atoms with van der Waals surface area (Å²) >= 11 is 0. The smallest absolute Gasteiger partial charge is 0.223 e. The van der Waals surface area contributed by atoms with Gasteiger partial charge in [0.25, 0.3) is 0 Å². The predicted octanol–water partition coefficient (Wildman–Crippen LogP) is 4.78. The molecule has 2 unspecified atom stereocenters. The van der Waals surface area contributed by atoms with E-state index in [1.807, 2.05) is 18.2 Å². The summed E-state index contributed by atoms with van der Waals surface area (Å²) in [6, 6.07) is 16.4. The summed E-state index contributed by atoms with van der Waals surface area (Å²) in [5, 5.41) is 4.41. The van der Waals surface area contributed by atoms with Crippen LogP contribution >= 0.6 is 0 Å². The summed E-state index contributed by atoms with van der Waals surface area (Å²) in [5.74, 6) is 1.15. The monoisotopic (exact) mass is 374 g/mol. The average molecular weight is 374 g/mol. The lowest BCUT2D eigenvalue weighted by atomic mass is 9.89. The van der Waals surface area contributed by atoms with Gasteiger partial charge in [-0.05, 0) is 48.6 Å². The number of para-hydroxylation sites is 1. The van der Waals surface area contributed by atoms with Gasteiger partial charge in [-0.3, -0.25) is 4.79 Å². The fourth-order valence-corrected chi connectivity index (χ4v) is 4.00. The highest BCUT2D eigenvalue weighted by Gasteiger charge is 2.22. The Morgan fingerprint density at radius 2 is 2.00 bits per heavy atom. The normalized spacial score (nSPS) is 17.4. The van der Waals surface area contributed by atoms with Gasteiger partial charge in [0.15, 0.2) is 0 Å². The molecule has 1 aliphatic carbocycles. The van der Waals surface area contributed by atoms with Gasteiger partial charge in [-0.25, -0.2) is 0 Å². The van der Waals surface area contributed by atoms with E-state index in [0.717, 1.165) is 36.1 Å². The average Bonchev–Trinajstić information content (AvgIpc) is 3.19. The lowest BCUT2D eigenvalue weighted by Crippen LogP contribution is -2.34.